The Morgan fingerprint density at radius 1 is 1.30 bits per heavy atom. The fraction of sp³-hybridized carbons (Fsp3) is 0.364. The van der Waals surface area contributed by atoms with E-state index in [9.17, 15) is 14.4 Å². The summed E-state index contributed by atoms with van der Waals surface area (Å²) in [5.74, 6) is -0.0388. The number of aryl methyl sites for hydroxylation is 1. The number of hydrogen-bond acceptors (Lipinski definition) is 5. The number of benzene rings is 1. The third-order valence-corrected chi connectivity index (χ3v) is 5.45. The number of amides is 3. The molecule has 2 aliphatic rings. The van der Waals surface area contributed by atoms with E-state index < -0.39 is 5.72 Å². The summed E-state index contributed by atoms with van der Waals surface area (Å²) in [6.07, 6.45) is 4.32. The average Bonchev–Trinajstić information content (AvgIpc) is 2.88. The smallest absolute Gasteiger partial charge is 0.258 e. The minimum atomic E-state index is -0.935. The molecule has 0 bridgehead atoms. The first-order chi connectivity index (χ1) is 14.4. The molecule has 0 saturated carbocycles. The molecule has 1 spiro atoms. The van der Waals surface area contributed by atoms with Gasteiger partial charge in [0.1, 0.15) is 5.75 Å². The molecule has 0 aliphatic carbocycles. The van der Waals surface area contributed by atoms with Crippen molar-refractivity contribution < 1.29 is 19.1 Å². The van der Waals surface area contributed by atoms with E-state index in [0.29, 0.717) is 37.2 Å². The standard InChI is InChI=1S/C22H24N4O4/c1-15-4-5-18-17(11-15)21(29)25-22(30-18)7-6-20(28)26(10-8-22)14-19(27)24-13-16-3-2-9-23-12-16/h2-5,9,11-12H,6-8,10,13-14H2,1H3,(H,24,27)(H,25,29)/t22-/m0/s1. The third kappa shape index (κ3) is 4.27. The van der Waals surface area contributed by atoms with Crippen LogP contribution in [0.25, 0.3) is 0 Å². The number of nitrogens with zero attached hydrogens (tertiary/aromatic N) is 2. The van der Waals surface area contributed by atoms with Gasteiger partial charge in [0.2, 0.25) is 11.8 Å². The van der Waals surface area contributed by atoms with Gasteiger partial charge in [0.25, 0.3) is 5.91 Å². The van der Waals surface area contributed by atoms with Gasteiger partial charge in [0, 0.05) is 44.7 Å². The van der Waals surface area contributed by atoms with Crippen molar-refractivity contribution in [2.45, 2.75) is 38.5 Å². The molecule has 0 radical (unpaired) electrons. The number of carbonyl (C=O) groups excluding carboxylic acids is 3. The van der Waals surface area contributed by atoms with E-state index in [1.54, 1.807) is 30.6 Å². The van der Waals surface area contributed by atoms with Gasteiger partial charge in [-0.2, -0.15) is 0 Å². The van der Waals surface area contributed by atoms with E-state index in [1.165, 1.54) is 4.90 Å². The highest BCUT2D eigenvalue weighted by Crippen LogP contribution is 2.34. The molecule has 1 saturated heterocycles. The Morgan fingerprint density at radius 2 is 2.17 bits per heavy atom. The molecule has 1 atom stereocenters. The van der Waals surface area contributed by atoms with Crippen molar-refractivity contribution in [3.63, 3.8) is 0 Å². The Labute approximate surface area is 174 Å². The maximum absolute atomic E-state index is 12.6. The van der Waals surface area contributed by atoms with Crippen molar-refractivity contribution in [2.24, 2.45) is 0 Å². The maximum Gasteiger partial charge on any atom is 0.258 e. The first kappa shape index (κ1) is 19.9. The van der Waals surface area contributed by atoms with Crippen LogP contribution in [0, 0.1) is 6.92 Å². The summed E-state index contributed by atoms with van der Waals surface area (Å²) >= 11 is 0. The quantitative estimate of drug-likeness (QED) is 0.799. The predicted molar refractivity (Wildman–Crippen MR) is 109 cm³/mol. The first-order valence-corrected chi connectivity index (χ1v) is 10.00. The van der Waals surface area contributed by atoms with Crippen LogP contribution in [0.3, 0.4) is 0 Å². The summed E-state index contributed by atoms with van der Waals surface area (Å²) in [5.41, 5.74) is 1.43. The zero-order chi connectivity index (χ0) is 21.1. The van der Waals surface area contributed by atoms with Crippen LogP contribution in [0.15, 0.2) is 42.7 Å². The lowest BCUT2D eigenvalue weighted by molar-refractivity contribution is -0.135. The topological polar surface area (TPSA) is 101 Å². The van der Waals surface area contributed by atoms with Gasteiger partial charge in [-0.05, 0) is 30.7 Å². The Balaban J connectivity index is 1.39. The van der Waals surface area contributed by atoms with Crippen LogP contribution in [0.1, 0.15) is 40.7 Å². The molecule has 1 fully saturated rings. The van der Waals surface area contributed by atoms with E-state index in [2.05, 4.69) is 15.6 Å². The average molecular weight is 408 g/mol. The molecule has 0 unspecified atom stereocenters. The number of fused-ring (bicyclic) bond motifs is 1. The number of pyridine rings is 1. The predicted octanol–water partition coefficient (Wildman–Crippen LogP) is 1.54. The minimum absolute atomic E-state index is 0.0289. The van der Waals surface area contributed by atoms with Crippen molar-refractivity contribution >= 4 is 17.7 Å². The third-order valence-electron chi connectivity index (χ3n) is 5.45. The maximum atomic E-state index is 12.6. The van der Waals surface area contributed by atoms with Crippen LogP contribution in [-0.2, 0) is 16.1 Å². The lowest BCUT2D eigenvalue weighted by atomic mass is 9.99. The highest BCUT2D eigenvalue weighted by molar-refractivity contribution is 5.98. The number of nitrogens with one attached hydrogen (secondary N) is 2. The molecule has 4 rings (SSSR count). The second kappa shape index (κ2) is 8.14. The number of carbonyl (C=O) groups is 3. The van der Waals surface area contributed by atoms with E-state index >= 15 is 0 Å². The fourth-order valence-corrected chi connectivity index (χ4v) is 3.78. The Kier molecular flexibility index (Phi) is 5.39. The highest BCUT2D eigenvalue weighted by atomic mass is 16.5. The number of rotatable bonds is 4. The molecule has 2 aliphatic heterocycles. The zero-order valence-corrected chi connectivity index (χ0v) is 16.8. The molecule has 2 N–H and O–H groups in total. The molecule has 1 aromatic heterocycles. The summed E-state index contributed by atoms with van der Waals surface area (Å²) in [6, 6.07) is 9.15. The molecule has 2 aromatic rings. The zero-order valence-electron chi connectivity index (χ0n) is 16.8. The second-order valence-corrected chi connectivity index (χ2v) is 7.75. The van der Waals surface area contributed by atoms with Crippen molar-refractivity contribution in [1.82, 2.24) is 20.5 Å². The molecule has 156 valence electrons. The van der Waals surface area contributed by atoms with E-state index in [-0.39, 0.29) is 30.7 Å². The van der Waals surface area contributed by atoms with Crippen LogP contribution < -0.4 is 15.4 Å². The van der Waals surface area contributed by atoms with Crippen molar-refractivity contribution in [3.8, 4) is 5.75 Å². The molecule has 30 heavy (non-hydrogen) atoms. The molecule has 8 heteroatoms. The SMILES string of the molecule is Cc1ccc2c(c1)C(=O)N[C@@]1(CCC(=O)N(CC(=O)NCc3cccnc3)CC1)O2. The van der Waals surface area contributed by atoms with Crippen molar-refractivity contribution in [1.29, 1.82) is 0 Å². The van der Waals surface area contributed by atoms with E-state index in [0.717, 1.165) is 11.1 Å². The van der Waals surface area contributed by atoms with E-state index in [1.807, 2.05) is 19.1 Å². The number of aromatic nitrogens is 1. The Hall–Kier alpha value is -3.42. The summed E-state index contributed by atoms with van der Waals surface area (Å²) in [5, 5.41) is 5.76. The van der Waals surface area contributed by atoms with Crippen LogP contribution in [0.4, 0.5) is 0 Å². The Bertz CT molecular complexity index is 978. The molecule has 3 heterocycles. The van der Waals surface area contributed by atoms with Gasteiger partial charge in [-0.3, -0.25) is 19.4 Å². The lowest BCUT2D eigenvalue weighted by Gasteiger charge is -2.38. The molecular formula is C22H24N4O4. The number of likely N-dealkylation sites (tertiary alicyclic amines) is 1. The van der Waals surface area contributed by atoms with Crippen LogP contribution in [-0.4, -0.2) is 46.4 Å². The van der Waals surface area contributed by atoms with Gasteiger partial charge in [0.15, 0.2) is 5.72 Å². The number of hydrogen-bond donors (Lipinski definition) is 2. The molecule has 3 amide bonds. The highest BCUT2D eigenvalue weighted by Gasteiger charge is 2.42. The van der Waals surface area contributed by atoms with Gasteiger partial charge in [-0.25, -0.2) is 0 Å². The monoisotopic (exact) mass is 408 g/mol. The molecular weight excluding hydrogens is 384 g/mol. The minimum Gasteiger partial charge on any atom is -0.467 e. The summed E-state index contributed by atoms with van der Waals surface area (Å²) in [6.45, 7) is 2.56. The normalized spacial score (nSPS) is 20.8. The van der Waals surface area contributed by atoms with Crippen molar-refractivity contribution in [3.05, 3.63) is 59.4 Å². The van der Waals surface area contributed by atoms with Crippen LogP contribution in [0.5, 0.6) is 5.75 Å². The molecule has 1 aromatic carbocycles. The number of ether oxygens (including phenoxy) is 1. The van der Waals surface area contributed by atoms with Crippen LogP contribution >= 0.6 is 0 Å². The summed E-state index contributed by atoms with van der Waals surface area (Å²) < 4.78 is 6.15. The first-order valence-electron chi connectivity index (χ1n) is 10.00. The van der Waals surface area contributed by atoms with Gasteiger partial charge in [-0.15, -0.1) is 0 Å². The largest absolute Gasteiger partial charge is 0.467 e. The van der Waals surface area contributed by atoms with Gasteiger partial charge >= 0.3 is 0 Å². The molecule has 8 nitrogen and oxygen atoms in total. The van der Waals surface area contributed by atoms with Gasteiger partial charge < -0.3 is 20.3 Å². The summed E-state index contributed by atoms with van der Waals surface area (Å²) in [7, 11) is 0. The van der Waals surface area contributed by atoms with Crippen molar-refractivity contribution in [2.75, 3.05) is 13.1 Å². The van der Waals surface area contributed by atoms with Crippen LogP contribution in [0.2, 0.25) is 0 Å². The second-order valence-electron chi connectivity index (χ2n) is 7.75. The fourth-order valence-electron chi connectivity index (χ4n) is 3.78. The van der Waals surface area contributed by atoms with Gasteiger partial charge in [0.05, 0.1) is 12.1 Å². The van der Waals surface area contributed by atoms with E-state index in [4.69, 9.17) is 4.74 Å². The summed E-state index contributed by atoms with van der Waals surface area (Å²) in [4.78, 5) is 43.1. The lowest BCUT2D eigenvalue weighted by Crippen LogP contribution is -2.56. The Morgan fingerprint density at radius 3 is 2.97 bits per heavy atom. The van der Waals surface area contributed by atoms with Gasteiger partial charge in [-0.1, -0.05) is 17.7 Å².